The molecule has 0 saturated heterocycles. The molecule has 0 spiro atoms. The molecule has 0 aromatic heterocycles. The van der Waals surface area contributed by atoms with Crippen molar-refractivity contribution in [2.75, 3.05) is 12.3 Å². The molecule has 2 N–H and O–H groups in total. The van der Waals surface area contributed by atoms with Crippen molar-refractivity contribution < 1.29 is 9.53 Å². The van der Waals surface area contributed by atoms with Crippen LogP contribution in [0.25, 0.3) is 0 Å². The number of nitrogen functional groups attached to an aromatic ring is 1. The topological polar surface area (TPSA) is 52.3 Å². The zero-order valence-electron chi connectivity index (χ0n) is 11.4. The highest BCUT2D eigenvalue weighted by Crippen LogP contribution is 2.35. The lowest BCUT2D eigenvalue weighted by Crippen LogP contribution is -2.23. The van der Waals surface area contributed by atoms with Gasteiger partial charge < -0.3 is 10.5 Å². The summed E-state index contributed by atoms with van der Waals surface area (Å²) in [6.45, 7) is 2.32. The van der Waals surface area contributed by atoms with E-state index < -0.39 is 0 Å². The van der Waals surface area contributed by atoms with Crippen molar-refractivity contribution >= 4 is 11.7 Å². The molecule has 3 heteroatoms. The number of carbonyl (C=O) groups excluding carboxylic acids is 1. The van der Waals surface area contributed by atoms with Gasteiger partial charge in [0.05, 0.1) is 12.2 Å². The lowest BCUT2D eigenvalue weighted by Gasteiger charge is -2.29. The lowest BCUT2D eigenvalue weighted by atomic mass is 9.78. The molecule has 0 heterocycles. The molecular formula is C17H17NO2. The van der Waals surface area contributed by atoms with Crippen LogP contribution in [-0.2, 0) is 11.2 Å². The standard InChI is InChI=1S/C17H17NO2/c1-11-6-7-14(18)9-16(11)17(19)20-10-13-8-12-4-2-3-5-15(12)13/h2-7,9,13H,8,10,18H2,1H3. The molecular weight excluding hydrogens is 250 g/mol. The number of anilines is 1. The van der Waals surface area contributed by atoms with Crippen LogP contribution in [0.1, 0.15) is 33.0 Å². The average molecular weight is 267 g/mol. The number of fused-ring (bicyclic) bond motifs is 1. The molecule has 1 aliphatic rings. The molecule has 2 aromatic carbocycles. The van der Waals surface area contributed by atoms with Crippen molar-refractivity contribution in [3.8, 4) is 0 Å². The number of esters is 1. The quantitative estimate of drug-likeness (QED) is 0.687. The van der Waals surface area contributed by atoms with E-state index in [0.29, 0.717) is 23.8 Å². The fourth-order valence-electron chi connectivity index (χ4n) is 2.62. The Kier molecular flexibility index (Phi) is 3.18. The van der Waals surface area contributed by atoms with Gasteiger partial charge in [0.2, 0.25) is 0 Å². The number of aryl methyl sites for hydroxylation is 1. The van der Waals surface area contributed by atoms with Crippen LogP contribution in [0, 0.1) is 6.92 Å². The first-order valence-corrected chi connectivity index (χ1v) is 6.76. The van der Waals surface area contributed by atoms with Gasteiger partial charge in [-0.15, -0.1) is 0 Å². The minimum Gasteiger partial charge on any atom is -0.461 e. The normalized spacial score (nSPS) is 16.1. The molecule has 0 saturated carbocycles. The summed E-state index contributed by atoms with van der Waals surface area (Å²) in [4.78, 5) is 12.1. The Morgan fingerprint density at radius 2 is 2.10 bits per heavy atom. The Labute approximate surface area is 118 Å². The van der Waals surface area contributed by atoms with Crippen LogP contribution in [0.5, 0.6) is 0 Å². The molecule has 0 bridgehead atoms. The van der Waals surface area contributed by atoms with Crippen LogP contribution in [0.15, 0.2) is 42.5 Å². The molecule has 1 unspecified atom stereocenters. The SMILES string of the molecule is Cc1ccc(N)cc1C(=O)OCC1Cc2ccccc21. The number of benzene rings is 2. The van der Waals surface area contributed by atoms with Gasteiger partial charge in [-0.25, -0.2) is 4.79 Å². The second-order valence-electron chi connectivity index (χ2n) is 5.27. The van der Waals surface area contributed by atoms with Crippen LogP contribution in [0.2, 0.25) is 0 Å². The van der Waals surface area contributed by atoms with E-state index in [1.54, 1.807) is 12.1 Å². The van der Waals surface area contributed by atoms with Crippen molar-refractivity contribution in [3.63, 3.8) is 0 Å². The fourth-order valence-corrected chi connectivity index (χ4v) is 2.62. The largest absolute Gasteiger partial charge is 0.461 e. The van der Waals surface area contributed by atoms with Crippen LogP contribution < -0.4 is 5.73 Å². The summed E-state index contributed by atoms with van der Waals surface area (Å²) in [5, 5.41) is 0. The zero-order valence-corrected chi connectivity index (χ0v) is 11.4. The van der Waals surface area contributed by atoms with E-state index >= 15 is 0 Å². The summed E-state index contributed by atoms with van der Waals surface area (Å²) in [5.41, 5.74) is 10.4. The van der Waals surface area contributed by atoms with E-state index in [1.165, 1.54) is 11.1 Å². The molecule has 0 aliphatic heterocycles. The summed E-state index contributed by atoms with van der Waals surface area (Å²) >= 11 is 0. The second-order valence-corrected chi connectivity index (χ2v) is 5.27. The van der Waals surface area contributed by atoms with E-state index in [1.807, 2.05) is 25.1 Å². The molecule has 20 heavy (non-hydrogen) atoms. The molecule has 3 rings (SSSR count). The maximum absolute atomic E-state index is 12.1. The first-order chi connectivity index (χ1) is 9.65. The summed E-state index contributed by atoms with van der Waals surface area (Å²) in [7, 11) is 0. The highest BCUT2D eigenvalue weighted by atomic mass is 16.5. The third-order valence-electron chi connectivity index (χ3n) is 3.86. The monoisotopic (exact) mass is 267 g/mol. The van der Waals surface area contributed by atoms with E-state index in [2.05, 4.69) is 12.1 Å². The fraction of sp³-hybridized carbons (Fsp3) is 0.235. The maximum Gasteiger partial charge on any atom is 0.338 e. The van der Waals surface area contributed by atoms with E-state index in [4.69, 9.17) is 10.5 Å². The number of hydrogen-bond acceptors (Lipinski definition) is 3. The van der Waals surface area contributed by atoms with Crippen molar-refractivity contribution in [2.45, 2.75) is 19.3 Å². The first kappa shape index (κ1) is 12.7. The summed E-state index contributed by atoms with van der Waals surface area (Å²) in [5.74, 6) is 0.0377. The molecule has 3 nitrogen and oxygen atoms in total. The lowest BCUT2D eigenvalue weighted by molar-refractivity contribution is 0.0469. The molecule has 2 aromatic rings. The summed E-state index contributed by atoms with van der Waals surface area (Å²) < 4.78 is 5.43. The van der Waals surface area contributed by atoms with Gasteiger partial charge in [0, 0.05) is 11.6 Å². The van der Waals surface area contributed by atoms with Gasteiger partial charge in [-0.1, -0.05) is 30.3 Å². The van der Waals surface area contributed by atoms with E-state index in [-0.39, 0.29) is 5.97 Å². The van der Waals surface area contributed by atoms with Gasteiger partial charge in [-0.2, -0.15) is 0 Å². The smallest absolute Gasteiger partial charge is 0.338 e. The van der Waals surface area contributed by atoms with E-state index in [0.717, 1.165) is 12.0 Å². The predicted octanol–water partition coefficient (Wildman–Crippen LogP) is 3.07. The summed E-state index contributed by atoms with van der Waals surface area (Å²) in [6.07, 6.45) is 0.985. The zero-order chi connectivity index (χ0) is 14.1. The molecule has 0 amide bonds. The average Bonchev–Trinajstić information content (AvgIpc) is 2.42. The van der Waals surface area contributed by atoms with Gasteiger partial charge in [0.25, 0.3) is 0 Å². The second kappa shape index (κ2) is 5.00. The predicted molar refractivity (Wildman–Crippen MR) is 78.8 cm³/mol. The number of rotatable bonds is 3. The number of ether oxygens (including phenoxy) is 1. The minimum atomic E-state index is -0.292. The maximum atomic E-state index is 12.1. The highest BCUT2D eigenvalue weighted by molar-refractivity contribution is 5.92. The van der Waals surface area contributed by atoms with Gasteiger partial charge in [0.15, 0.2) is 0 Å². The van der Waals surface area contributed by atoms with Crippen LogP contribution in [-0.4, -0.2) is 12.6 Å². The van der Waals surface area contributed by atoms with Gasteiger partial charge >= 0.3 is 5.97 Å². The molecule has 102 valence electrons. The number of carbonyl (C=O) groups is 1. The first-order valence-electron chi connectivity index (χ1n) is 6.76. The number of hydrogen-bond donors (Lipinski definition) is 1. The van der Waals surface area contributed by atoms with Crippen molar-refractivity contribution in [1.82, 2.24) is 0 Å². The Balaban J connectivity index is 1.65. The van der Waals surface area contributed by atoms with Gasteiger partial charge in [-0.05, 0) is 42.2 Å². The minimum absolute atomic E-state index is 0.292. The molecule has 0 fully saturated rings. The highest BCUT2D eigenvalue weighted by Gasteiger charge is 2.26. The third kappa shape index (κ3) is 2.27. The number of nitrogens with two attached hydrogens (primary N) is 1. The Morgan fingerprint density at radius 3 is 2.90 bits per heavy atom. The molecule has 1 aliphatic carbocycles. The van der Waals surface area contributed by atoms with Gasteiger partial charge in [-0.3, -0.25) is 0 Å². The van der Waals surface area contributed by atoms with Crippen LogP contribution in [0.3, 0.4) is 0 Å². The Hall–Kier alpha value is -2.29. The van der Waals surface area contributed by atoms with Crippen LogP contribution in [0.4, 0.5) is 5.69 Å². The summed E-state index contributed by atoms with van der Waals surface area (Å²) in [6, 6.07) is 13.6. The molecule has 0 radical (unpaired) electrons. The molecule has 1 atom stereocenters. The van der Waals surface area contributed by atoms with Gasteiger partial charge in [0.1, 0.15) is 0 Å². The third-order valence-corrected chi connectivity index (χ3v) is 3.86. The Bertz CT molecular complexity index is 664. The van der Waals surface area contributed by atoms with E-state index in [9.17, 15) is 4.79 Å². The van der Waals surface area contributed by atoms with Crippen molar-refractivity contribution in [2.24, 2.45) is 0 Å². The Morgan fingerprint density at radius 1 is 1.30 bits per heavy atom. The van der Waals surface area contributed by atoms with Crippen LogP contribution >= 0.6 is 0 Å². The van der Waals surface area contributed by atoms with Crippen molar-refractivity contribution in [3.05, 3.63) is 64.7 Å². The van der Waals surface area contributed by atoms with Crippen molar-refractivity contribution in [1.29, 1.82) is 0 Å².